The van der Waals surface area contributed by atoms with Crippen LogP contribution in [0.4, 0.5) is 5.82 Å². The minimum atomic E-state index is -1.47. The van der Waals surface area contributed by atoms with Crippen molar-refractivity contribution in [3.63, 3.8) is 0 Å². The molecule has 1 aliphatic rings. The fourth-order valence-corrected chi connectivity index (χ4v) is 6.73. The number of nitrogens with two attached hydrogens (primary N) is 1. The van der Waals surface area contributed by atoms with Gasteiger partial charge in [-0.05, 0) is 72.6 Å². The summed E-state index contributed by atoms with van der Waals surface area (Å²) in [5.74, 6) is 0.0546. The number of rotatable bonds is 10. The van der Waals surface area contributed by atoms with E-state index < -0.39 is 7.12 Å². The van der Waals surface area contributed by atoms with Crippen molar-refractivity contribution in [3.8, 4) is 11.3 Å². The number of nitrogens with zero attached hydrogens (tertiary/aromatic N) is 5. The van der Waals surface area contributed by atoms with Gasteiger partial charge in [-0.15, -0.1) is 0 Å². The number of likely N-dealkylation sites (tertiary alicyclic amines) is 1. The maximum absolute atomic E-state index is 12.6. The molecule has 7 rings (SSSR count). The Balaban J connectivity index is 0.000000232. The van der Waals surface area contributed by atoms with E-state index in [-0.39, 0.29) is 23.8 Å². The lowest BCUT2D eigenvalue weighted by Gasteiger charge is -2.32. The van der Waals surface area contributed by atoms with Gasteiger partial charge in [0.05, 0.1) is 11.4 Å². The summed E-state index contributed by atoms with van der Waals surface area (Å²) in [6.45, 7) is 9.47. The number of carbonyl (C=O) groups is 3. The fourth-order valence-electron chi connectivity index (χ4n) is 6.73. The zero-order chi connectivity index (χ0) is 40.5. The molecule has 1 atom stereocenters. The number of nitrogens with one attached hydrogen (secondary N) is 2. The standard InChI is InChI=1S/C28H29N7O2.C15H16BNO3/c1-3-23(36)34-14-6-8-21(16-34)35-27-24(26(29)31-17-32-27)25(33-35)20-12-10-19(11-13-20)15-30-28(37)22-9-5-4-7-18(22)2;1-11-4-2-3-5-14(11)15(18)17-10-12-6-8-13(9-7-12)16(19)20/h3-5,7,9-13,17,21H,1,6,8,14-16H2,2H3,(H,30,37)(H2,29,31,32);2-9,19-20H,10H2,1H3,(H,17,18)/t21-;/m1./s1. The predicted octanol–water partition coefficient (Wildman–Crippen LogP) is 4.27. The minimum Gasteiger partial charge on any atom is -0.423 e. The van der Waals surface area contributed by atoms with Crippen LogP contribution in [0.15, 0.2) is 116 Å². The normalized spacial score (nSPS) is 13.6. The number of hydrogen-bond donors (Lipinski definition) is 5. The van der Waals surface area contributed by atoms with Gasteiger partial charge >= 0.3 is 7.12 Å². The largest absolute Gasteiger partial charge is 0.488 e. The van der Waals surface area contributed by atoms with E-state index in [2.05, 4.69) is 27.2 Å². The van der Waals surface area contributed by atoms with Gasteiger partial charge in [-0.3, -0.25) is 14.4 Å². The van der Waals surface area contributed by atoms with Crippen LogP contribution >= 0.6 is 0 Å². The summed E-state index contributed by atoms with van der Waals surface area (Å²) < 4.78 is 1.88. The second kappa shape index (κ2) is 18.3. The first-order valence-electron chi connectivity index (χ1n) is 18.7. The monoisotopic (exact) mass is 764 g/mol. The van der Waals surface area contributed by atoms with Crippen LogP contribution < -0.4 is 21.8 Å². The molecule has 4 aromatic carbocycles. The highest BCUT2D eigenvalue weighted by atomic mass is 16.4. The average Bonchev–Trinajstić information content (AvgIpc) is 3.63. The first-order chi connectivity index (χ1) is 27.5. The molecule has 3 heterocycles. The van der Waals surface area contributed by atoms with Gasteiger partial charge in [0.25, 0.3) is 11.8 Å². The highest BCUT2D eigenvalue weighted by molar-refractivity contribution is 6.58. The van der Waals surface area contributed by atoms with E-state index in [1.54, 1.807) is 35.2 Å². The molecule has 0 spiro atoms. The number of anilines is 1. The molecule has 13 nitrogen and oxygen atoms in total. The van der Waals surface area contributed by atoms with Crippen LogP contribution in [0.3, 0.4) is 0 Å². The minimum absolute atomic E-state index is 0.0286. The Morgan fingerprint density at radius 1 is 0.842 bits per heavy atom. The van der Waals surface area contributed by atoms with Crippen LogP contribution in [0, 0.1) is 13.8 Å². The third kappa shape index (κ3) is 9.61. The van der Waals surface area contributed by atoms with Crippen molar-refractivity contribution in [1.29, 1.82) is 0 Å². The Morgan fingerprint density at radius 2 is 1.40 bits per heavy atom. The van der Waals surface area contributed by atoms with E-state index in [1.807, 2.05) is 85.3 Å². The average molecular weight is 765 g/mol. The molecular formula is C43H45BN8O5. The molecule has 6 aromatic rings. The molecule has 290 valence electrons. The number of benzene rings is 4. The molecule has 6 N–H and O–H groups in total. The zero-order valence-electron chi connectivity index (χ0n) is 31.9. The van der Waals surface area contributed by atoms with E-state index >= 15 is 0 Å². The van der Waals surface area contributed by atoms with E-state index in [4.69, 9.17) is 20.9 Å². The second-order valence-corrected chi connectivity index (χ2v) is 13.8. The summed E-state index contributed by atoms with van der Waals surface area (Å²) in [5, 5.41) is 29.4. The van der Waals surface area contributed by atoms with E-state index in [1.165, 1.54) is 12.4 Å². The summed E-state index contributed by atoms with van der Waals surface area (Å²) in [5.41, 5.74) is 14.0. The first kappa shape index (κ1) is 40.0. The van der Waals surface area contributed by atoms with E-state index in [9.17, 15) is 14.4 Å². The second-order valence-electron chi connectivity index (χ2n) is 13.8. The molecule has 14 heteroatoms. The maximum atomic E-state index is 12.6. The highest BCUT2D eigenvalue weighted by Gasteiger charge is 2.28. The summed E-state index contributed by atoms with van der Waals surface area (Å²) in [6.07, 6.45) is 4.53. The number of piperidine rings is 1. The number of aromatic nitrogens is 4. The molecule has 0 unspecified atom stereocenters. The first-order valence-corrected chi connectivity index (χ1v) is 18.7. The molecule has 1 aliphatic heterocycles. The molecule has 2 aromatic heterocycles. The molecule has 1 saturated heterocycles. The Bertz CT molecular complexity index is 2380. The Kier molecular flexibility index (Phi) is 12.9. The van der Waals surface area contributed by atoms with Crippen molar-refractivity contribution >= 4 is 47.2 Å². The van der Waals surface area contributed by atoms with Gasteiger partial charge in [0.15, 0.2) is 5.65 Å². The molecule has 57 heavy (non-hydrogen) atoms. The lowest BCUT2D eigenvalue weighted by Crippen LogP contribution is -2.40. The third-order valence-electron chi connectivity index (χ3n) is 9.94. The zero-order valence-corrected chi connectivity index (χ0v) is 31.9. The Hall–Kier alpha value is -6.64. The van der Waals surface area contributed by atoms with Crippen molar-refractivity contribution < 1.29 is 24.4 Å². The quantitative estimate of drug-likeness (QED) is 0.100. The van der Waals surface area contributed by atoms with Crippen molar-refractivity contribution in [2.24, 2.45) is 0 Å². The van der Waals surface area contributed by atoms with Gasteiger partial charge < -0.3 is 31.3 Å². The van der Waals surface area contributed by atoms with E-state index in [0.717, 1.165) is 40.7 Å². The SMILES string of the molecule is C=CC(=O)N1CCC[C@@H](n2nc(-c3ccc(CNC(=O)c4ccccc4C)cc3)c3c(N)ncnc32)C1.Cc1ccccc1C(=O)NCc1ccc(B(O)O)cc1. The van der Waals surface area contributed by atoms with Crippen LogP contribution in [0.1, 0.15) is 61.9 Å². The van der Waals surface area contributed by atoms with Crippen LogP contribution in [-0.4, -0.2) is 72.6 Å². The van der Waals surface area contributed by atoms with Gasteiger partial charge in [-0.25, -0.2) is 14.6 Å². The summed E-state index contributed by atoms with van der Waals surface area (Å²) >= 11 is 0. The van der Waals surface area contributed by atoms with Gasteiger partial charge in [0.1, 0.15) is 17.8 Å². The summed E-state index contributed by atoms with van der Waals surface area (Å²) in [4.78, 5) is 47.3. The number of amides is 3. The van der Waals surface area contributed by atoms with Crippen LogP contribution in [0.2, 0.25) is 0 Å². The Morgan fingerprint density at radius 3 is 1.95 bits per heavy atom. The van der Waals surface area contributed by atoms with Gasteiger partial charge in [-0.1, -0.05) is 91.5 Å². The molecule has 1 fully saturated rings. The van der Waals surface area contributed by atoms with Crippen molar-refractivity contribution in [1.82, 2.24) is 35.3 Å². The molecule has 0 radical (unpaired) electrons. The molecular weight excluding hydrogens is 719 g/mol. The van der Waals surface area contributed by atoms with Crippen LogP contribution in [0.5, 0.6) is 0 Å². The van der Waals surface area contributed by atoms with Crippen molar-refractivity contribution in [2.75, 3.05) is 18.8 Å². The van der Waals surface area contributed by atoms with Crippen molar-refractivity contribution in [2.45, 2.75) is 45.8 Å². The van der Waals surface area contributed by atoms with Gasteiger partial charge in [-0.2, -0.15) is 5.10 Å². The molecule has 0 saturated carbocycles. The lowest BCUT2D eigenvalue weighted by molar-refractivity contribution is -0.127. The smallest absolute Gasteiger partial charge is 0.423 e. The van der Waals surface area contributed by atoms with Crippen molar-refractivity contribution in [3.05, 3.63) is 149 Å². The number of nitrogen functional groups attached to an aromatic ring is 1. The fraction of sp³-hybridized carbons (Fsp3) is 0.209. The van der Waals surface area contributed by atoms with Gasteiger partial charge in [0, 0.05) is 42.9 Å². The topological polar surface area (TPSA) is 189 Å². The van der Waals surface area contributed by atoms with Gasteiger partial charge in [0.2, 0.25) is 5.91 Å². The van der Waals surface area contributed by atoms with E-state index in [0.29, 0.717) is 65.3 Å². The van der Waals surface area contributed by atoms with Crippen LogP contribution in [-0.2, 0) is 17.9 Å². The molecule has 3 amide bonds. The number of hydrogen-bond acceptors (Lipinski definition) is 9. The number of aryl methyl sites for hydroxylation is 2. The lowest BCUT2D eigenvalue weighted by atomic mass is 9.80. The third-order valence-corrected chi connectivity index (χ3v) is 9.94. The number of carbonyl (C=O) groups excluding carboxylic acids is 3. The maximum Gasteiger partial charge on any atom is 0.488 e. The Labute approximate surface area is 331 Å². The molecule has 0 aliphatic carbocycles. The summed E-state index contributed by atoms with van der Waals surface area (Å²) in [7, 11) is -1.47. The number of fused-ring (bicyclic) bond motifs is 1. The predicted molar refractivity (Wildman–Crippen MR) is 221 cm³/mol. The van der Waals surface area contributed by atoms with Crippen LogP contribution in [0.25, 0.3) is 22.3 Å². The summed E-state index contributed by atoms with van der Waals surface area (Å²) in [6, 6.07) is 29.5. The molecule has 0 bridgehead atoms. The highest BCUT2D eigenvalue weighted by Crippen LogP contribution is 2.34.